The molecule has 0 radical (unpaired) electrons. The van der Waals surface area contributed by atoms with Crippen molar-refractivity contribution in [1.29, 1.82) is 0 Å². The molecule has 0 saturated carbocycles. The first-order valence-corrected chi connectivity index (χ1v) is 8.66. The lowest BCUT2D eigenvalue weighted by Crippen LogP contribution is -2.32. The Morgan fingerprint density at radius 1 is 1.36 bits per heavy atom. The number of anilines is 1. The molecule has 140 valence electrons. The van der Waals surface area contributed by atoms with Gasteiger partial charge in [0, 0.05) is 6.42 Å². The van der Waals surface area contributed by atoms with Crippen molar-refractivity contribution in [3.05, 3.63) is 23.8 Å². The van der Waals surface area contributed by atoms with Gasteiger partial charge in [0.2, 0.25) is 5.91 Å². The molecule has 2 N–H and O–H groups in total. The maximum Gasteiger partial charge on any atom is 0.416 e. The van der Waals surface area contributed by atoms with E-state index in [2.05, 4.69) is 10.6 Å². The zero-order valence-electron chi connectivity index (χ0n) is 14.6. The Labute approximate surface area is 146 Å². The fraction of sp³-hybridized carbons (Fsp3) is 0.611. The van der Waals surface area contributed by atoms with Crippen LogP contribution in [-0.2, 0) is 11.0 Å². The predicted molar refractivity (Wildman–Crippen MR) is 90.6 cm³/mol. The van der Waals surface area contributed by atoms with E-state index >= 15 is 0 Å². The second-order valence-electron chi connectivity index (χ2n) is 6.46. The van der Waals surface area contributed by atoms with Crippen molar-refractivity contribution in [3.63, 3.8) is 0 Å². The summed E-state index contributed by atoms with van der Waals surface area (Å²) in [6.07, 6.45) is -2.15. The summed E-state index contributed by atoms with van der Waals surface area (Å²) >= 11 is 0. The second-order valence-corrected chi connectivity index (χ2v) is 6.46. The first kappa shape index (κ1) is 19.6. The third kappa shape index (κ3) is 5.63. The Morgan fingerprint density at radius 3 is 2.64 bits per heavy atom. The lowest BCUT2D eigenvalue weighted by atomic mass is 9.84. The number of halogens is 3. The molecule has 1 saturated heterocycles. The summed E-state index contributed by atoms with van der Waals surface area (Å²) in [7, 11) is 0. The van der Waals surface area contributed by atoms with Crippen LogP contribution in [0.4, 0.5) is 18.9 Å². The standard InChI is InChI=1S/C18H25F3N2O2/c1-3-25-16-5-4-14(18(19,20)21)11-15(16)23-17(24)10-12(2)13-6-8-22-9-7-13/h4-5,11-13,22H,3,6-10H2,1-2H3,(H,23,24). The molecule has 1 aliphatic heterocycles. The Balaban J connectivity index is 2.07. The van der Waals surface area contributed by atoms with Crippen LogP contribution >= 0.6 is 0 Å². The highest BCUT2D eigenvalue weighted by Gasteiger charge is 2.31. The summed E-state index contributed by atoms with van der Waals surface area (Å²) in [6, 6.07) is 3.13. The molecule has 0 aliphatic carbocycles. The number of carbonyl (C=O) groups is 1. The fourth-order valence-electron chi connectivity index (χ4n) is 3.16. The number of amides is 1. The minimum Gasteiger partial charge on any atom is -0.492 e. The molecule has 7 heteroatoms. The molecule has 0 spiro atoms. The SMILES string of the molecule is CCOc1ccc(C(F)(F)F)cc1NC(=O)CC(C)C1CCNCC1. The number of carbonyl (C=O) groups excluding carboxylic acids is 1. The van der Waals surface area contributed by atoms with Crippen molar-refractivity contribution in [2.75, 3.05) is 25.0 Å². The first-order valence-electron chi connectivity index (χ1n) is 8.66. The lowest BCUT2D eigenvalue weighted by molar-refractivity contribution is -0.137. The highest BCUT2D eigenvalue weighted by atomic mass is 19.4. The van der Waals surface area contributed by atoms with Gasteiger partial charge in [-0.3, -0.25) is 4.79 Å². The van der Waals surface area contributed by atoms with Gasteiger partial charge in [-0.1, -0.05) is 6.92 Å². The van der Waals surface area contributed by atoms with E-state index in [1.807, 2.05) is 6.92 Å². The molecule has 0 bridgehead atoms. The minimum atomic E-state index is -4.47. The molecular formula is C18H25F3N2O2. The monoisotopic (exact) mass is 358 g/mol. The van der Waals surface area contributed by atoms with E-state index in [1.54, 1.807) is 6.92 Å². The van der Waals surface area contributed by atoms with Crippen molar-refractivity contribution in [1.82, 2.24) is 5.32 Å². The summed E-state index contributed by atoms with van der Waals surface area (Å²) in [5.74, 6) is 0.605. The smallest absolute Gasteiger partial charge is 0.416 e. The fourth-order valence-corrected chi connectivity index (χ4v) is 3.16. The summed E-state index contributed by atoms with van der Waals surface area (Å²) in [6.45, 7) is 5.95. The Hall–Kier alpha value is -1.76. The Morgan fingerprint density at radius 2 is 2.04 bits per heavy atom. The highest BCUT2D eigenvalue weighted by molar-refractivity contribution is 5.92. The maximum atomic E-state index is 12.9. The topological polar surface area (TPSA) is 50.4 Å². The van der Waals surface area contributed by atoms with Crippen LogP contribution in [0.5, 0.6) is 5.75 Å². The number of hydrogen-bond acceptors (Lipinski definition) is 3. The van der Waals surface area contributed by atoms with Gasteiger partial charge in [0.25, 0.3) is 0 Å². The maximum absolute atomic E-state index is 12.9. The quantitative estimate of drug-likeness (QED) is 0.806. The predicted octanol–water partition coefficient (Wildman–Crippen LogP) is 4.07. The van der Waals surface area contributed by atoms with E-state index in [0.29, 0.717) is 12.5 Å². The Bertz CT molecular complexity index is 584. The summed E-state index contributed by atoms with van der Waals surface area (Å²) in [5.41, 5.74) is -0.739. The van der Waals surface area contributed by atoms with Gasteiger partial charge in [-0.15, -0.1) is 0 Å². The average Bonchev–Trinajstić information content (AvgIpc) is 2.56. The van der Waals surface area contributed by atoms with Crippen LogP contribution in [-0.4, -0.2) is 25.6 Å². The largest absolute Gasteiger partial charge is 0.492 e. The van der Waals surface area contributed by atoms with Gasteiger partial charge in [0.15, 0.2) is 0 Å². The van der Waals surface area contributed by atoms with Crippen molar-refractivity contribution in [2.45, 2.75) is 39.3 Å². The molecule has 4 nitrogen and oxygen atoms in total. The van der Waals surface area contributed by atoms with Gasteiger partial charge in [-0.25, -0.2) is 0 Å². The van der Waals surface area contributed by atoms with Crippen LogP contribution in [0.2, 0.25) is 0 Å². The molecule has 1 unspecified atom stereocenters. The van der Waals surface area contributed by atoms with Crippen LogP contribution in [0.25, 0.3) is 0 Å². The molecule has 1 amide bonds. The molecule has 1 aliphatic rings. The van der Waals surface area contributed by atoms with E-state index in [1.165, 1.54) is 6.07 Å². The van der Waals surface area contributed by atoms with Gasteiger partial charge in [-0.05, 0) is 62.9 Å². The molecule has 0 aromatic heterocycles. The van der Waals surface area contributed by atoms with E-state index in [0.717, 1.165) is 38.1 Å². The van der Waals surface area contributed by atoms with Crippen molar-refractivity contribution >= 4 is 11.6 Å². The molecule has 25 heavy (non-hydrogen) atoms. The van der Waals surface area contributed by atoms with Crippen molar-refractivity contribution in [3.8, 4) is 5.75 Å². The molecule has 2 rings (SSSR count). The van der Waals surface area contributed by atoms with Crippen molar-refractivity contribution in [2.24, 2.45) is 11.8 Å². The number of alkyl halides is 3. The third-order valence-electron chi connectivity index (χ3n) is 4.58. The van der Waals surface area contributed by atoms with Gasteiger partial charge >= 0.3 is 6.18 Å². The minimum absolute atomic E-state index is 0.0687. The van der Waals surface area contributed by atoms with E-state index in [4.69, 9.17) is 4.74 Å². The number of nitrogens with one attached hydrogen (secondary N) is 2. The molecule has 1 fully saturated rings. The van der Waals surface area contributed by atoms with E-state index in [9.17, 15) is 18.0 Å². The van der Waals surface area contributed by atoms with Gasteiger partial charge in [0.1, 0.15) is 5.75 Å². The second kappa shape index (κ2) is 8.56. The molecule has 1 atom stereocenters. The molecule has 1 aromatic rings. The molecular weight excluding hydrogens is 333 g/mol. The number of ether oxygens (including phenoxy) is 1. The normalized spacial score (nSPS) is 17.2. The van der Waals surface area contributed by atoms with E-state index < -0.39 is 11.7 Å². The number of rotatable bonds is 6. The highest BCUT2D eigenvalue weighted by Crippen LogP contribution is 2.35. The van der Waals surface area contributed by atoms with Crippen LogP contribution in [0, 0.1) is 11.8 Å². The first-order chi connectivity index (χ1) is 11.8. The summed E-state index contributed by atoms with van der Waals surface area (Å²) in [5, 5.41) is 5.88. The van der Waals surface area contributed by atoms with Crippen LogP contribution in [0.15, 0.2) is 18.2 Å². The van der Waals surface area contributed by atoms with Gasteiger partial charge < -0.3 is 15.4 Å². The zero-order valence-corrected chi connectivity index (χ0v) is 14.6. The van der Waals surface area contributed by atoms with Crippen molar-refractivity contribution < 1.29 is 22.7 Å². The average molecular weight is 358 g/mol. The van der Waals surface area contributed by atoms with Crippen LogP contribution < -0.4 is 15.4 Å². The molecule has 1 heterocycles. The van der Waals surface area contributed by atoms with E-state index in [-0.39, 0.29) is 29.7 Å². The molecule has 1 aromatic carbocycles. The Kier molecular flexibility index (Phi) is 6.70. The van der Waals surface area contributed by atoms with Gasteiger partial charge in [0.05, 0.1) is 17.9 Å². The third-order valence-corrected chi connectivity index (χ3v) is 4.58. The summed E-state index contributed by atoms with van der Waals surface area (Å²) < 4.78 is 44.1. The van der Waals surface area contributed by atoms with Crippen LogP contribution in [0.3, 0.4) is 0 Å². The summed E-state index contributed by atoms with van der Waals surface area (Å²) in [4.78, 5) is 12.3. The lowest BCUT2D eigenvalue weighted by Gasteiger charge is -2.28. The van der Waals surface area contributed by atoms with Crippen LogP contribution in [0.1, 0.15) is 38.7 Å². The number of benzene rings is 1. The van der Waals surface area contributed by atoms with Gasteiger partial charge in [-0.2, -0.15) is 13.2 Å². The number of piperidine rings is 1. The zero-order chi connectivity index (χ0) is 18.4. The number of hydrogen-bond donors (Lipinski definition) is 2.